The number of nitrogens with two attached hydrogens (primary N) is 2. The summed E-state index contributed by atoms with van der Waals surface area (Å²) in [5.41, 5.74) is 11.1. The Morgan fingerprint density at radius 3 is 2.82 bits per heavy atom. The molecule has 94 valence electrons. The zero-order valence-electron chi connectivity index (χ0n) is 9.63. The van der Waals surface area contributed by atoms with Crippen molar-refractivity contribution in [2.45, 2.75) is 12.8 Å². The zero-order chi connectivity index (χ0) is 12.8. The highest BCUT2D eigenvalue weighted by Crippen LogP contribution is 2.28. The largest absolute Gasteiger partial charge is 0.495 e. The first-order chi connectivity index (χ1) is 8.04. The molecule has 0 aliphatic heterocycles. The number of carbonyl (C=O) groups is 1. The Morgan fingerprint density at radius 1 is 1.53 bits per heavy atom. The molecule has 0 aliphatic rings. The number of amides is 1. The van der Waals surface area contributed by atoms with E-state index in [1.165, 1.54) is 19.2 Å². The highest BCUT2D eigenvalue weighted by molar-refractivity contribution is 5.73. The summed E-state index contributed by atoms with van der Waals surface area (Å²) in [5.74, 6) is -0.423. The fraction of sp³-hybridized carbons (Fsp3) is 0.364. The maximum atomic E-state index is 13.5. The fourth-order valence-corrected chi connectivity index (χ4v) is 1.37. The topological polar surface area (TPSA) is 90.4 Å². The van der Waals surface area contributed by atoms with Crippen LogP contribution in [-0.2, 0) is 4.79 Å². The molecule has 5 nitrogen and oxygen atoms in total. The molecule has 0 saturated heterocycles. The van der Waals surface area contributed by atoms with Gasteiger partial charge in [0.05, 0.1) is 18.5 Å². The Hall–Kier alpha value is -1.98. The Labute approximate surface area is 98.9 Å². The summed E-state index contributed by atoms with van der Waals surface area (Å²) in [4.78, 5) is 10.5. The molecule has 0 spiro atoms. The summed E-state index contributed by atoms with van der Waals surface area (Å²) in [6.45, 7) is 0.451. The molecule has 0 unspecified atom stereocenters. The Kier molecular flexibility index (Phi) is 4.56. The molecule has 0 fully saturated rings. The first-order valence-corrected chi connectivity index (χ1v) is 5.19. The molecule has 0 aliphatic carbocycles. The minimum absolute atomic E-state index is 0.243. The molecule has 1 aromatic carbocycles. The third-order valence-electron chi connectivity index (χ3n) is 2.23. The second-order valence-electron chi connectivity index (χ2n) is 3.57. The highest BCUT2D eigenvalue weighted by atomic mass is 19.1. The quantitative estimate of drug-likeness (QED) is 0.513. The Balaban J connectivity index is 2.61. The number of anilines is 2. The smallest absolute Gasteiger partial charge is 0.217 e. The number of primary amides is 1. The predicted molar refractivity (Wildman–Crippen MR) is 64.3 cm³/mol. The van der Waals surface area contributed by atoms with Crippen LogP contribution in [0.2, 0.25) is 0 Å². The van der Waals surface area contributed by atoms with Crippen LogP contribution < -0.4 is 21.5 Å². The third-order valence-corrected chi connectivity index (χ3v) is 2.23. The zero-order valence-corrected chi connectivity index (χ0v) is 9.63. The van der Waals surface area contributed by atoms with Gasteiger partial charge in [-0.3, -0.25) is 4.79 Å². The molecule has 0 radical (unpaired) electrons. The van der Waals surface area contributed by atoms with Gasteiger partial charge in [0.2, 0.25) is 5.91 Å². The van der Waals surface area contributed by atoms with Crippen molar-refractivity contribution in [2.24, 2.45) is 5.73 Å². The lowest BCUT2D eigenvalue weighted by molar-refractivity contribution is -0.118. The number of benzene rings is 1. The van der Waals surface area contributed by atoms with E-state index in [1.54, 1.807) is 0 Å². The van der Waals surface area contributed by atoms with Crippen LogP contribution in [0.4, 0.5) is 15.8 Å². The van der Waals surface area contributed by atoms with Gasteiger partial charge in [-0.2, -0.15) is 0 Å². The maximum Gasteiger partial charge on any atom is 0.217 e. The summed E-state index contributed by atoms with van der Waals surface area (Å²) in [6.07, 6.45) is 0.808. The van der Waals surface area contributed by atoms with Crippen LogP contribution in [0.25, 0.3) is 0 Å². The number of nitrogens with one attached hydrogen (secondary N) is 1. The lowest BCUT2D eigenvalue weighted by Crippen LogP contribution is -2.13. The lowest BCUT2D eigenvalue weighted by atomic mass is 10.2. The van der Waals surface area contributed by atoms with E-state index in [0.717, 1.165) is 0 Å². The van der Waals surface area contributed by atoms with Gasteiger partial charge in [0.25, 0.3) is 0 Å². The van der Waals surface area contributed by atoms with E-state index in [1.807, 2.05) is 0 Å². The number of rotatable bonds is 6. The van der Waals surface area contributed by atoms with E-state index in [0.29, 0.717) is 24.4 Å². The van der Waals surface area contributed by atoms with E-state index < -0.39 is 5.82 Å². The van der Waals surface area contributed by atoms with Gasteiger partial charge in [-0.15, -0.1) is 0 Å². The first kappa shape index (κ1) is 13.1. The molecule has 0 aromatic heterocycles. The monoisotopic (exact) mass is 241 g/mol. The van der Waals surface area contributed by atoms with Gasteiger partial charge >= 0.3 is 0 Å². The molecule has 0 bridgehead atoms. The highest BCUT2D eigenvalue weighted by Gasteiger charge is 2.07. The number of carbonyl (C=O) groups excluding carboxylic acids is 1. The molecular formula is C11H16FN3O2. The van der Waals surface area contributed by atoms with E-state index in [9.17, 15) is 9.18 Å². The lowest BCUT2D eigenvalue weighted by Gasteiger charge is -2.10. The van der Waals surface area contributed by atoms with E-state index in [2.05, 4.69) is 5.32 Å². The fourth-order valence-electron chi connectivity index (χ4n) is 1.37. The summed E-state index contributed by atoms with van der Waals surface area (Å²) in [6, 6.07) is 2.67. The maximum absolute atomic E-state index is 13.5. The molecule has 0 saturated carbocycles. The second-order valence-corrected chi connectivity index (χ2v) is 3.57. The van der Waals surface area contributed by atoms with Gasteiger partial charge in [-0.1, -0.05) is 0 Å². The van der Waals surface area contributed by atoms with Crippen molar-refractivity contribution in [3.63, 3.8) is 0 Å². The van der Waals surface area contributed by atoms with Crippen molar-refractivity contribution >= 4 is 17.3 Å². The predicted octanol–water partition coefficient (Wildman–Crippen LogP) is 1.09. The van der Waals surface area contributed by atoms with Gasteiger partial charge in [0, 0.05) is 25.1 Å². The Morgan fingerprint density at radius 2 is 2.24 bits per heavy atom. The first-order valence-electron chi connectivity index (χ1n) is 5.19. The summed E-state index contributed by atoms with van der Waals surface area (Å²) >= 11 is 0. The van der Waals surface area contributed by atoms with Gasteiger partial charge in [0.1, 0.15) is 11.6 Å². The van der Waals surface area contributed by atoms with Crippen molar-refractivity contribution in [1.82, 2.24) is 0 Å². The summed E-state index contributed by atoms with van der Waals surface area (Å²) < 4.78 is 18.4. The Bertz CT molecular complexity index is 410. The van der Waals surface area contributed by atoms with Crippen molar-refractivity contribution < 1.29 is 13.9 Å². The molecule has 1 amide bonds. The average molecular weight is 241 g/mol. The van der Waals surface area contributed by atoms with Gasteiger partial charge < -0.3 is 21.5 Å². The van der Waals surface area contributed by atoms with Crippen molar-refractivity contribution in [3.8, 4) is 5.75 Å². The SMILES string of the molecule is COc1cc(NCCCC(N)=O)c(F)cc1N. The van der Waals surface area contributed by atoms with Crippen LogP contribution in [0.5, 0.6) is 5.75 Å². The number of methoxy groups -OCH3 is 1. The van der Waals surface area contributed by atoms with Crippen LogP contribution >= 0.6 is 0 Å². The van der Waals surface area contributed by atoms with Gasteiger partial charge in [-0.05, 0) is 6.42 Å². The second kappa shape index (κ2) is 5.93. The van der Waals surface area contributed by atoms with Crippen molar-refractivity contribution in [1.29, 1.82) is 0 Å². The molecule has 0 heterocycles. The van der Waals surface area contributed by atoms with Crippen molar-refractivity contribution in [3.05, 3.63) is 17.9 Å². The minimum atomic E-state index is -0.456. The van der Waals surface area contributed by atoms with Crippen LogP contribution in [0.15, 0.2) is 12.1 Å². The third kappa shape index (κ3) is 3.82. The number of hydrogen-bond acceptors (Lipinski definition) is 4. The standard InChI is InChI=1S/C11H16FN3O2/c1-17-10-6-9(7(12)5-8(10)13)15-4-2-3-11(14)16/h5-6,15H,2-4,13H2,1H3,(H2,14,16). The van der Waals surface area contributed by atoms with E-state index in [-0.39, 0.29) is 18.0 Å². The minimum Gasteiger partial charge on any atom is -0.495 e. The van der Waals surface area contributed by atoms with Crippen LogP contribution in [0.3, 0.4) is 0 Å². The van der Waals surface area contributed by atoms with Gasteiger partial charge in [-0.25, -0.2) is 4.39 Å². The summed E-state index contributed by atoms with van der Waals surface area (Å²) in [7, 11) is 1.46. The van der Waals surface area contributed by atoms with Crippen molar-refractivity contribution in [2.75, 3.05) is 24.7 Å². The van der Waals surface area contributed by atoms with E-state index >= 15 is 0 Å². The number of hydrogen-bond donors (Lipinski definition) is 3. The molecule has 1 rings (SSSR count). The molecular weight excluding hydrogens is 225 g/mol. The number of nitrogen functional groups attached to an aromatic ring is 1. The van der Waals surface area contributed by atoms with Gasteiger partial charge in [0.15, 0.2) is 0 Å². The molecule has 1 aromatic rings. The normalized spacial score (nSPS) is 10.0. The van der Waals surface area contributed by atoms with Crippen LogP contribution in [-0.4, -0.2) is 19.6 Å². The van der Waals surface area contributed by atoms with Crippen LogP contribution in [0.1, 0.15) is 12.8 Å². The molecule has 17 heavy (non-hydrogen) atoms. The molecule has 5 N–H and O–H groups in total. The van der Waals surface area contributed by atoms with E-state index in [4.69, 9.17) is 16.2 Å². The number of ether oxygens (including phenoxy) is 1. The number of halogens is 1. The molecule has 0 atom stereocenters. The average Bonchev–Trinajstić information content (AvgIpc) is 2.26. The summed E-state index contributed by atoms with van der Waals surface area (Å²) in [5, 5.41) is 2.85. The van der Waals surface area contributed by atoms with Crippen LogP contribution in [0, 0.1) is 5.82 Å². The molecule has 6 heteroatoms.